The van der Waals surface area contributed by atoms with Gasteiger partial charge >= 0.3 is 22.9 Å². The van der Waals surface area contributed by atoms with E-state index >= 15 is 4.57 Å². The zero-order chi connectivity index (χ0) is 41.7. The molecule has 8 aromatic rings. The Morgan fingerprint density at radius 2 is 0.746 bits per heavy atom. The zero-order valence-electron chi connectivity index (χ0n) is 29.8. The average molecular weight is 863 g/mol. The molecule has 59 heavy (non-hydrogen) atoms. The van der Waals surface area contributed by atoms with Gasteiger partial charge < -0.3 is 9.05 Å². The largest absolute Gasteiger partial charge is 0.499 e. The van der Waals surface area contributed by atoms with E-state index < -0.39 is 54.1 Å². The van der Waals surface area contributed by atoms with Crippen LogP contribution >= 0.6 is 7.60 Å². The van der Waals surface area contributed by atoms with E-state index in [2.05, 4.69) is 0 Å². The van der Waals surface area contributed by atoms with E-state index in [0.29, 0.717) is 32.3 Å². The van der Waals surface area contributed by atoms with E-state index in [-0.39, 0.29) is 44.2 Å². The molecule has 7 nitrogen and oxygen atoms in total. The molecule has 1 aliphatic heterocycles. The third-order valence-corrected chi connectivity index (χ3v) is 18.8. The molecule has 0 bridgehead atoms. The average Bonchev–Trinajstić information content (AvgIpc) is 3.33. The normalized spacial score (nSPS) is 14.5. The summed E-state index contributed by atoms with van der Waals surface area (Å²) in [5.74, 6) is -1.33. The Hall–Kier alpha value is -5.89. The quantitative estimate of drug-likeness (QED) is 0.125. The number of hydrogen-bond acceptors (Lipinski definition) is 7. The van der Waals surface area contributed by atoms with Gasteiger partial charge in [-0.15, -0.1) is 0 Å². The number of halogens is 6. The van der Waals surface area contributed by atoms with E-state index in [0.717, 1.165) is 0 Å². The fraction of sp³-hybridized carbons (Fsp3) is 0.0698. The van der Waals surface area contributed by atoms with Crippen molar-refractivity contribution in [1.82, 2.24) is 0 Å². The second-order valence-electron chi connectivity index (χ2n) is 13.8. The van der Waals surface area contributed by atoms with Gasteiger partial charge in [-0.2, -0.15) is 26.3 Å². The van der Waals surface area contributed by atoms with E-state index in [1.807, 2.05) is 0 Å². The van der Waals surface area contributed by atoms with Gasteiger partial charge in [0.15, 0.2) is 0 Å². The number of alkyl halides is 6. The van der Waals surface area contributed by atoms with Gasteiger partial charge in [0.25, 0.3) is 19.7 Å². The zero-order valence-corrected chi connectivity index (χ0v) is 32.4. The van der Waals surface area contributed by atoms with E-state index in [9.17, 15) is 43.2 Å². The summed E-state index contributed by atoms with van der Waals surface area (Å²) in [5, 5.41) is 3.80. The van der Waals surface area contributed by atoms with Crippen molar-refractivity contribution >= 4 is 70.4 Å². The van der Waals surface area contributed by atoms with E-state index in [4.69, 9.17) is 9.05 Å². The number of sulfone groups is 2. The topological polar surface area (TPSA) is 104 Å². The molecule has 0 amide bonds. The van der Waals surface area contributed by atoms with Crippen LogP contribution in [0.4, 0.5) is 26.3 Å². The third kappa shape index (κ3) is 5.96. The molecule has 1 heterocycles. The van der Waals surface area contributed by atoms with Gasteiger partial charge in [0.1, 0.15) is 11.5 Å². The van der Waals surface area contributed by atoms with Crippen LogP contribution in [0.25, 0.3) is 76.5 Å². The van der Waals surface area contributed by atoms with Gasteiger partial charge in [0.2, 0.25) is 0 Å². The van der Waals surface area contributed by atoms with E-state index in [1.54, 1.807) is 133 Å². The van der Waals surface area contributed by atoms with Crippen LogP contribution < -0.4 is 9.05 Å². The summed E-state index contributed by atoms with van der Waals surface area (Å²) in [6.07, 6.45) is 0. The number of fused-ring (bicyclic) bond motifs is 9. The van der Waals surface area contributed by atoms with Gasteiger partial charge in [0.05, 0.1) is 0 Å². The Bertz CT molecular complexity index is 3120. The monoisotopic (exact) mass is 862 g/mol. The second-order valence-corrected chi connectivity index (χ2v) is 20.8. The number of hydrogen-bond donors (Lipinski definition) is 0. The Balaban J connectivity index is 1.54. The molecule has 298 valence electrons. The molecule has 0 aromatic heterocycles. The van der Waals surface area contributed by atoms with Crippen molar-refractivity contribution in [3.8, 4) is 44.9 Å². The van der Waals surface area contributed by atoms with Crippen molar-refractivity contribution < 1.29 is 56.8 Å². The van der Waals surface area contributed by atoms with Crippen LogP contribution in [0.3, 0.4) is 0 Å². The lowest BCUT2D eigenvalue weighted by Crippen LogP contribution is -2.46. The molecule has 0 atom stereocenters. The maximum atomic E-state index is 15.6. The van der Waals surface area contributed by atoms with Crippen molar-refractivity contribution in [3.63, 3.8) is 0 Å². The molecule has 0 saturated heterocycles. The van der Waals surface area contributed by atoms with Crippen LogP contribution in [-0.2, 0) is 24.2 Å². The van der Waals surface area contributed by atoms with Crippen molar-refractivity contribution in [1.29, 1.82) is 0 Å². The second kappa shape index (κ2) is 13.3. The molecular weight excluding hydrogens is 838 g/mol. The highest BCUT2D eigenvalue weighted by Crippen LogP contribution is 2.68. The smallest absolute Gasteiger partial charge is 0.413 e. The summed E-state index contributed by atoms with van der Waals surface area (Å²) >= 11 is 0. The van der Waals surface area contributed by atoms with Gasteiger partial charge in [-0.25, -0.2) is 21.4 Å². The van der Waals surface area contributed by atoms with Crippen LogP contribution in [0.15, 0.2) is 146 Å². The molecule has 9 rings (SSSR count). The molecule has 8 aromatic carbocycles. The molecule has 0 spiro atoms. The summed E-state index contributed by atoms with van der Waals surface area (Å²) in [7, 11) is -22.0. The van der Waals surface area contributed by atoms with Gasteiger partial charge in [0, 0.05) is 22.3 Å². The predicted molar refractivity (Wildman–Crippen MR) is 215 cm³/mol. The highest BCUT2D eigenvalue weighted by Gasteiger charge is 2.72. The molecule has 0 aliphatic carbocycles. The van der Waals surface area contributed by atoms with Gasteiger partial charge in [-0.05, 0) is 66.3 Å². The fourth-order valence-corrected chi connectivity index (χ4v) is 15.3. The lowest BCUT2D eigenvalue weighted by atomic mass is 9.85. The first-order chi connectivity index (χ1) is 27.9. The van der Waals surface area contributed by atoms with Crippen LogP contribution in [0.5, 0.6) is 11.5 Å². The summed E-state index contributed by atoms with van der Waals surface area (Å²) < 4.78 is 164. The first kappa shape index (κ1) is 38.6. The minimum atomic E-state index is -7.59. The van der Waals surface area contributed by atoms with Gasteiger partial charge in [-0.3, -0.25) is 0 Å². The first-order valence-electron chi connectivity index (χ1n) is 17.6. The lowest BCUT2D eigenvalue weighted by molar-refractivity contribution is -0.0465. The molecule has 0 fully saturated rings. The van der Waals surface area contributed by atoms with Crippen LogP contribution in [-0.4, -0.2) is 32.2 Å². The van der Waals surface area contributed by atoms with Crippen molar-refractivity contribution in [2.75, 3.05) is 0 Å². The number of rotatable bonds is 5. The van der Waals surface area contributed by atoms with Crippen LogP contribution in [0.2, 0.25) is 0 Å². The van der Waals surface area contributed by atoms with E-state index in [1.165, 1.54) is 12.1 Å². The Morgan fingerprint density at radius 3 is 1.12 bits per heavy atom. The maximum Gasteiger partial charge on any atom is 0.499 e. The minimum absolute atomic E-state index is 0.0513. The molecule has 0 radical (unpaired) electrons. The lowest BCUT2D eigenvalue weighted by Gasteiger charge is -2.28. The SMILES string of the molecule is O=P1(C(S(=O)(=O)C(F)(F)F)S(=O)(=O)C(F)(F)F)Oc2c(-c3cccc4ccccc34)cc3ccccc3c2-c2c(c(-c3cccc4ccccc34)cc3ccccc23)O1. The first-order valence-corrected chi connectivity index (χ1v) is 22.3. The predicted octanol–water partition coefficient (Wildman–Crippen LogP) is 12.4. The number of benzene rings is 8. The van der Waals surface area contributed by atoms with Crippen molar-refractivity contribution in [2.24, 2.45) is 0 Å². The van der Waals surface area contributed by atoms with Crippen molar-refractivity contribution in [2.45, 2.75) is 15.3 Å². The Morgan fingerprint density at radius 1 is 0.424 bits per heavy atom. The standard InChI is InChI=1S/C43H25F6O7PS2/c44-42(45,46)58(51,52)41(59(53,54)43(47,48)49)57(50)55-39-35(33-21-9-15-25-11-1-5-17-29(25)33)23-27-13-3-7-19-31(27)37(39)38-32-20-8-4-14-28(32)24-36(40(38)56-57)34-22-10-16-26-12-2-6-18-30(26)34/h1-24,41H. The third-order valence-electron chi connectivity index (χ3n) is 10.3. The van der Waals surface area contributed by atoms with Crippen LogP contribution in [0, 0.1) is 0 Å². The Kier molecular flexibility index (Phi) is 8.72. The highest BCUT2D eigenvalue weighted by atomic mass is 32.3. The molecule has 1 aliphatic rings. The minimum Gasteiger partial charge on any atom is -0.413 e. The Labute approximate surface area is 331 Å². The fourth-order valence-electron chi connectivity index (χ4n) is 7.76. The highest BCUT2D eigenvalue weighted by molar-refractivity contribution is 8.17. The molecule has 0 N–H and O–H groups in total. The van der Waals surface area contributed by atoms with Crippen LogP contribution in [0.1, 0.15) is 0 Å². The summed E-state index contributed by atoms with van der Waals surface area (Å²) in [4.78, 5) is 0. The molecular formula is C43H25F6O7PS2. The molecule has 16 heteroatoms. The van der Waals surface area contributed by atoms with Gasteiger partial charge in [-0.1, -0.05) is 133 Å². The summed E-state index contributed by atoms with van der Waals surface area (Å²) in [6, 6.07) is 39.7. The van der Waals surface area contributed by atoms with Crippen molar-refractivity contribution in [3.05, 3.63) is 146 Å². The summed E-state index contributed by atoms with van der Waals surface area (Å²) in [6.45, 7) is 0. The molecule has 0 unspecified atom stereocenters. The maximum absolute atomic E-state index is 15.6. The molecule has 0 saturated carbocycles. The summed E-state index contributed by atoms with van der Waals surface area (Å²) in [5.41, 5.74) is -13.0.